The molecule has 0 aliphatic carbocycles. The van der Waals surface area contributed by atoms with Crippen LogP contribution in [0.5, 0.6) is 0 Å². The van der Waals surface area contributed by atoms with Crippen molar-refractivity contribution in [3.63, 3.8) is 0 Å². The van der Waals surface area contributed by atoms with Gasteiger partial charge in [-0.3, -0.25) is 0 Å². The lowest BCUT2D eigenvalue weighted by atomic mass is 10.2. The van der Waals surface area contributed by atoms with E-state index < -0.39 is 0 Å². The minimum absolute atomic E-state index is 0.320. The largest absolute Gasteiger partial charge is 0.397 e. The molecule has 17 heavy (non-hydrogen) atoms. The van der Waals surface area contributed by atoms with E-state index in [9.17, 15) is 0 Å². The SMILES string of the molecule is CCOCc1noc(-c2cccc(Cl)c2N)n1. The highest BCUT2D eigenvalue weighted by atomic mass is 35.5. The van der Waals surface area contributed by atoms with Crippen molar-refractivity contribution in [3.8, 4) is 11.5 Å². The zero-order valence-corrected chi connectivity index (χ0v) is 10.1. The Hall–Kier alpha value is -1.59. The number of ether oxygens (including phenoxy) is 1. The molecule has 2 aromatic rings. The highest BCUT2D eigenvalue weighted by molar-refractivity contribution is 6.33. The molecule has 0 saturated heterocycles. The van der Waals surface area contributed by atoms with E-state index in [0.717, 1.165) is 0 Å². The van der Waals surface area contributed by atoms with E-state index in [1.807, 2.05) is 6.92 Å². The number of nitrogens with two attached hydrogens (primary N) is 1. The van der Waals surface area contributed by atoms with Crippen molar-refractivity contribution in [2.75, 3.05) is 12.3 Å². The van der Waals surface area contributed by atoms with Crippen molar-refractivity contribution in [1.82, 2.24) is 10.1 Å². The molecule has 1 aromatic carbocycles. The van der Waals surface area contributed by atoms with Crippen LogP contribution in [0.2, 0.25) is 5.02 Å². The summed E-state index contributed by atoms with van der Waals surface area (Å²) < 4.78 is 10.3. The summed E-state index contributed by atoms with van der Waals surface area (Å²) in [7, 11) is 0. The van der Waals surface area contributed by atoms with Crippen LogP contribution in [0.15, 0.2) is 22.7 Å². The van der Waals surface area contributed by atoms with Gasteiger partial charge in [-0.2, -0.15) is 4.98 Å². The van der Waals surface area contributed by atoms with E-state index >= 15 is 0 Å². The van der Waals surface area contributed by atoms with Crippen molar-refractivity contribution in [3.05, 3.63) is 29.0 Å². The average Bonchev–Trinajstić information content (AvgIpc) is 2.78. The predicted octanol–water partition coefficient (Wildman–Crippen LogP) is 2.51. The van der Waals surface area contributed by atoms with Gasteiger partial charge in [-0.15, -0.1) is 0 Å². The summed E-state index contributed by atoms with van der Waals surface area (Å²) in [5.41, 5.74) is 6.90. The van der Waals surface area contributed by atoms with Crippen LogP contribution in [0, 0.1) is 0 Å². The first-order chi connectivity index (χ1) is 8.22. The Labute approximate surface area is 104 Å². The maximum absolute atomic E-state index is 5.91. The van der Waals surface area contributed by atoms with Crippen LogP contribution >= 0.6 is 11.6 Å². The first kappa shape index (κ1) is 11.9. The van der Waals surface area contributed by atoms with Gasteiger partial charge in [0.2, 0.25) is 0 Å². The molecule has 0 spiro atoms. The van der Waals surface area contributed by atoms with E-state index in [0.29, 0.717) is 41.2 Å². The molecular formula is C11H12ClN3O2. The fourth-order valence-corrected chi connectivity index (χ4v) is 1.51. The Bertz CT molecular complexity index is 513. The Morgan fingerprint density at radius 2 is 2.29 bits per heavy atom. The van der Waals surface area contributed by atoms with Gasteiger partial charge < -0.3 is 15.0 Å². The molecule has 5 nitrogen and oxygen atoms in total. The van der Waals surface area contributed by atoms with Crippen LogP contribution in [0.3, 0.4) is 0 Å². The number of nitrogens with zero attached hydrogens (tertiary/aromatic N) is 2. The molecule has 1 heterocycles. The number of aromatic nitrogens is 2. The molecule has 0 atom stereocenters. The highest BCUT2D eigenvalue weighted by Crippen LogP contribution is 2.30. The second-order valence-corrected chi connectivity index (χ2v) is 3.76. The van der Waals surface area contributed by atoms with Gasteiger partial charge in [0.05, 0.1) is 16.3 Å². The number of hydrogen-bond donors (Lipinski definition) is 1. The van der Waals surface area contributed by atoms with E-state index in [4.69, 9.17) is 26.6 Å². The summed E-state index contributed by atoms with van der Waals surface area (Å²) in [6.07, 6.45) is 0. The third-order valence-corrected chi connectivity index (χ3v) is 2.52. The van der Waals surface area contributed by atoms with Crippen molar-refractivity contribution < 1.29 is 9.26 Å². The highest BCUT2D eigenvalue weighted by Gasteiger charge is 2.13. The zero-order chi connectivity index (χ0) is 12.3. The molecular weight excluding hydrogens is 242 g/mol. The van der Waals surface area contributed by atoms with Gasteiger partial charge in [0.25, 0.3) is 5.89 Å². The number of hydrogen-bond acceptors (Lipinski definition) is 5. The van der Waals surface area contributed by atoms with Gasteiger partial charge in [-0.25, -0.2) is 0 Å². The Morgan fingerprint density at radius 1 is 1.47 bits per heavy atom. The van der Waals surface area contributed by atoms with Crippen LogP contribution in [0.1, 0.15) is 12.7 Å². The lowest BCUT2D eigenvalue weighted by molar-refractivity contribution is 0.126. The molecule has 2 rings (SSSR count). The van der Waals surface area contributed by atoms with Crippen molar-refractivity contribution in [1.29, 1.82) is 0 Å². The predicted molar refractivity (Wildman–Crippen MR) is 64.5 cm³/mol. The summed E-state index contributed by atoms with van der Waals surface area (Å²) in [4.78, 5) is 4.18. The summed E-state index contributed by atoms with van der Waals surface area (Å²) >= 11 is 5.91. The standard InChI is InChI=1S/C11H12ClN3O2/c1-2-16-6-9-14-11(17-15-9)7-4-3-5-8(12)10(7)13/h3-5H,2,6,13H2,1H3. The molecule has 0 bridgehead atoms. The lowest BCUT2D eigenvalue weighted by Crippen LogP contribution is -1.94. The maximum atomic E-state index is 5.91. The number of rotatable bonds is 4. The number of anilines is 1. The number of halogens is 1. The smallest absolute Gasteiger partial charge is 0.260 e. The quantitative estimate of drug-likeness (QED) is 0.848. The third kappa shape index (κ3) is 2.57. The van der Waals surface area contributed by atoms with E-state index in [-0.39, 0.29) is 0 Å². The average molecular weight is 254 g/mol. The van der Waals surface area contributed by atoms with Gasteiger partial charge in [0.1, 0.15) is 6.61 Å². The topological polar surface area (TPSA) is 74.2 Å². The summed E-state index contributed by atoms with van der Waals surface area (Å²) in [6, 6.07) is 5.26. The van der Waals surface area contributed by atoms with Gasteiger partial charge in [0, 0.05) is 6.61 Å². The molecule has 0 aliphatic rings. The van der Waals surface area contributed by atoms with Crippen LogP contribution in [0.4, 0.5) is 5.69 Å². The van der Waals surface area contributed by atoms with Crippen LogP contribution < -0.4 is 5.73 Å². The third-order valence-electron chi connectivity index (χ3n) is 2.19. The molecule has 0 fully saturated rings. The van der Waals surface area contributed by atoms with Crippen LogP contribution in [-0.2, 0) is 11.3 Å². The fraction of sp³-hybridized carbons (Fsp3) is 0.273. The van der Waals surface area contributed by atoms with E-state index in [2.05, 4.69) is 10.1 Å². The van der Waals surface area contributed by atoms with E-state index in [1.54, 1.807) is 18.2 Å². The summed E-state index contributed by atoms with van der Waals surface area (Å²) in [6.45, 7) is 2.82. The molecule has 2 N–H and O–H groups in total. The van der Waals surface area contributed by atoms with Crippen LogP contribution in [-0.4, -0.2) is 16.7 Å². The first-order valence-corrected chi connectivity index (χ1v) is 5.55. The van der Waals surface area contributed by atoms with E-state index in [1.165, 1.54) is 0 Å². The number of para-hydroxylation sites is 1. The molecule has 0 saturated carbocycles. The molecule has 1 aromatic heterocycles. The molecule has 6 heteroatoms. The molecule has 90 valence electrons. The Balaban J connectivity index is 2.27. The Morgan fingerprint density at radius 3 is 3.06 bits per heavy atom. The fourth-order valence-electron chi connectivity index (χ4n) is 1.34. The normalized spacial score (nSPS) is 10.7. The molecule has 0 radical (unpaired) electrons. The molecule has 0 aliphatic heterocycles. The van der Waals surface area contributed by atoms with Gasteiger partial charge in [-0.1, -0.05) is 22.8 Å². The molecule has 0 amide bonds. The van der Waals surface area contributed by atoms with Crippen molar-refractivity contribution >= 4 is 17.3 Å². The second kappa shape index (κ2) is 5.16. The van der Waals surface area contributed by atoms with Gasteiger partial charge in [-0.05, 0) is 19.1 Å². The minimum atomic E-state index is 0.320. The van der Waals surface area contributed by atoms with Crippen LogP contribution in [0.25, 0.3) is 11.5 Å². The van der Waals surface area contributed by atoms with Crippen molar-refractivity contribution in [2.24, 2.45) is 0 Å². The van der Waals surface area contributed by atoms with Gasteiger partial charge in [0.15, 0.2) is 5.82 Å². The Kier molecular flexibility index (Phi) is 3.61. The number of benzene rings is 1. The second-order valence-electron chi connectivity index (χ2n) is 3.35. The first-order valence-electron chi connectivity index (χ1n) is 5.17. The monoisotopic (exact) mass is 253 g/mol. The summed E-state index contributed by atoms with van der Waals surface area (Å²) in [5, 5.41) is 4.26. The zero-order valence-electron chi connectivity index (χ0n) is 9.31. The number of nitrogen functional groups attached to an aromatic ring is 1. The van der Waals surface area contributed by atoms with Gasteiger partial charge >= 0.3 is 0 Å². The molecule has 0 unspecified atom stereocenters. The van der Waals surface area contributed by atoms with Crippen molar-refractivity contribution in [2.45, 2.75) is 13.5 Å². The maximum Gasteiger partial charge on any atom is 0.260 e. The summed E-state index contributed by atoms with van der Waals surface area (Å²) in [5.74, 6) is 0.834. The minimum Gasteiger partial charge on any atom is -0.397 e. The lowest BCUT2D eigenvalue weighted by Gasteiger charge is -2.01.